The first kappa shape index (κ1) is 22.2. The Morgan fingerprint density at radius 3 is 2.74 bits per heavy atom. The van der Waals surface area contributed by atoms with E-state index in [-0.39, 0.29) is 6.61 Å². The Morgan fingerprint density at radius 1 is 1.12 bits per heavy atom. The van der Waals surface area contributed by atoms with Crippen molar-refractivity contribution in [1.29, 1.82) is 0 Å². The number of rotatable bonds is 5. The van der Waals surface area contributed by atoms with Crippen LogP contribution in [0.3, 0.4) is 0 Å². The Hall–Kier alpha value is -3.58. The predicted molar refractivity (Wildman–Crippen MR) is 134 cm³/mol. The molecule has 5 rings (SSSR count). The number of benzene rings is 2. The molecule has 6 nitrogen and oxygen atoms in total. The van der Waals surface area contributed by atoms with Crippen LogP contribution in [0.25, 0.3) is 22.2 Å². The van der Waals surface area contributed by atoms with Crippen LogP contribution in [0.15, 0.2) is 53.9 Å². The summed E-state index contributed by atoms with van der Waals surface area (Å²) in [5, 5.41) is 5.86. The van der Waals surface area contributed by atoms with Crippen LogP contribution < -0.4 is 5.32 Å². The Labute approximate surface area is 202 Å². The monoisotopic (exact) mass is 471 g/mol. The molecule has 0 spiro atoms. The summed E-state index contributed by atoms with van der Waals surface area (Å²) in [5.41, 5.74) is 6.17. The molecule has 7 heteroatoms. The second-order valence-electron chi connectivity index (χ2n) is 8.81. The summed E-state index contributed by atoms with van der Waals surface area (Å²) >= 11 is 1.34. The van der Waals surface area contributed by atoms with Gasteiger partial charge in [-0.2, -0.15) is 0 Å². The zero-order valence-corrected chi connectivity index (χ0v) is 19.9. The summed E-state index contributed by atoms with van der Waals surface area (Å²) in [6.45, 7) is 3.84. The van der Waals surface area contributed by atoms with Crippen molar-refractivity contribution in [2.45, 2.75) is 33.1 Å². The highest BCUT2D eigenvalue weighted by atomic mass is 32.1. The second-order valence-corrected chi connectivity index (χ2v) is 9.66. The van der Waals surface area contributed by atoms with Crippen molar-refractivity contribution in [1.82, 2.24) is 9.97 Å². The third-order valence-corrected chi connectivity index (χ3v) is 6.90. The average Bonchev–Trinajstić information content (AvgIpc) is 3.30. The lowest BCUT2D eigenvalue weighted by molar-refractivity contribution is -0.119. The molecule has 0 bridgehead atoms. The lowest BCUT2D eigenvalue weighted by Gasteiger charge is -2.24. The summed E-state index contributed by atoms with van der Waals surface area (Å²) in [6.07, 6.45) is 2.67. The molecule has 172 valence electrons. The fourth-order valence-electron chi connectivity index (χ4n) is 4.34. The maximum Gasteiger partial charge on any atom is 0.339 e. The van der Waals surface area contributed by atoms with E-state index >= 15 is 0 Å². The number of pyridine rings is 1. The normalized spacial score (nSPS) is 15.1. The maximum absolute atomic E-state index is 13.2. The van der Waals surface area contributed by atoms with Gasteiger partial charge in [-0.05, 0) is 43.7 Å². The van der Waals surface area contributed by atoms with E-state index in [0.29, 0.717) is 16.6 Å². The molecule has 2 aromatic carbocycles. The standard InChI is InChI=1S/C27H25N3O3S/c1-16-7-10-18(11-8-16)23-15-34-27(29-23)30-24(31)14-33-26(32)25-19-5-3-4-6-21(19)28-22-12-9-17(2)13-20(22)25/h3-8,10-11,15,17H,9,12-14H2,1-2H3,(H,29,30,31). The molecule has 1 amide bonds. The Balaban J connectivity index is 1.30. The highest BCUT2D eigenvalue weighted by Gasteiger charge is 2.26. The first-order chi connectivity index (χ1) is 16.5. The highest BCUT2D eigenvalue weighted by molar-refractivity contribution is 7.14. The lowest BCUT2D eigenvalue weighted by Crippen LogP contribution is -2.23. The van der Waals surface area contributed by atoms with Crippen LogP contribution >= 0.6 is 11.3 Å². The first-order valence-corrected chi connectivity index (χ1v) is 12.3. The largest absolute Gasteiger partial charge is 0.452 e. The van der Waals surface area contributed by atoms with E-state index in [1.165, 1.54) is 16.9 Å². The molecule has 0 radical (unpaired) electrons. The number of amides is 1. The molecule has 1 atom stereocenters. The molecule has 4 aromatic rings. The van der Waals surface area contributed by atoms with Gasteiger partial charge >= 0.3 is 5.97 Å². The van der Waals surface area contributed by atoms with Crippen LogP contribution in [-0.2, 0) is 22.4 Å². The predicted octanol–water partition coefficient (Wildman–Crippen LogP) is 5.59. The summed E-state index contributed by atoms with van der Waals surface area (Å²) in [7, 11) is 0. The van der Waals surface area contributed by atoms with Gasteiger partial charge in [0.25, 0.3) is 5.91 Å². The maximum atomic E-state index is 13.2. The number of fused-ring (bicyclic) bond motifs is 2. The zero-order valence-electron chi connectivity index (χ0n) is 19.1. The fourth-order valence-corrected chi connectivity index (χ4v) is 5.08. The molecule has 0 saturated carbocycles. The van der Waals surface area contributed by atoms with Crippen molar-refractivity contribution in [2.75, 3.05) is 11.9 Å². The van der Waals surface area contributed by atoms with Crippen molar-refractivity contribution in [3.8, 4) is 11.3 Å². The Morgan fingerprint density at radius 2 is 1.91 bits per heavy atom. The van der Waals surface area contributed by atoms with E-state index in [1.807, 2.05) is 60.8 Å². The number of nitrogens with one attached hydrogen (secondary N) is 1. The van der Waals surface area contributed by atoms with Crippen LogP contribution in [0.5, 0.6) is 0 Å². The molecule has 0 aliphatic heterocycles. The molecule has 2 heterocycles. The second kappa shape index (κ2) is 9.35. The minimum atomic E-state index is -0.487. The summed E-state index contributed by atoms with van der Waals surface area (Å²) in [6, 6.07) is 15.6. The molecular weight excluding hydrogens is 446 g/mol. The first-order valence-electron chi connectivity index (χ1n) is 11.4. The molecule has 0 saturated heterocycles. The zero-order chi connectivity index (χ0) is 23.7. The number of hydrogen-bond donors (Lipinski definition) is 1. The van der Waals surface area contributed by atoms with Gasteiger partial charge in [-0.1, -0.05) is 55.0 Å². The van der Waals surface area contributed by atoms with E-state index in [4.69, 9.17) is 9.72 Å². The lowest BCUT2D eigenvalue weighted by atomic mass is 9.84. The molecule has 0 fully saturated rings. The average molecular weight is 472 g/mol. The molecular formula is C27H25N3O3S. The minimum Gasteiger partial charge on any atom is -0.452 e. The number of nitrogens with zero attached hydrogens (tertiary/aromatic N) is 2. The number of hydrogen-bond acceptors (Lipinski definition) is 6. The Kier molecular flexibility index (Phi) is 6.11. The van der Waals surface area contributed by atoms with Gasteiger partial charge in [0.1, 0.15) is 0 Å². The number of thiazole rings is 1. The summed E-state index contributed by atoms with van der Waals surface area (Å²) < 4.78 is 5.47. The molecule has 1 N–H and O–H groups in total. The van der Waals surface area contributed by atoms with Crippen molar-refractivity contribution < 1.29 is 14.3 Å². The van der Waals surface area contributed by atoms with E-state index in [0.717, 1.165) is 52.7 Å². The van der Waals surface area contributed by atoms with Crippen molar-refractivity contribution >= 4 is 39.2 Å². The van der Waals surface area contributed by atoms with Crippen molar-refractivity contribution in [3.63, 3.8) is 0 Å². The van der Waals surface area contributed by atoms with E-state index in [2.05, 4.69) is 17.2 Å². The number of anilines is 1. The van der Waals surface area contributed by atoms with Gasteiger partial charge in [-0.3, -0.25) is 15.1 Å². The van der Waals surface area contributed by atoms with E-state index < -0.39 is 11.9 Å². The molecule has 1 aliphatic carbocycles. The fraction of sp³-hybridized carbons (Fsp3) is 0.259. The Bertz CT molecular complexity index is 1380. The van der Waals surface area contributed by atoms with Crippen LogP contribution in [0, 0.1) is 12.8 Å². The minimum absolute atomic E-state index is 0.376. The van der Waals surface area contributed by atoms with Crippen molar-refractivity contribution in [3.05, 3.63) is 76.3 Å². The quantitative estimate of drug-likeness (QED) is 0.384. The van der Waals surface area contributed by atoms with Gasteiger partial charge in [0.2, 0.25) is 0 Å². The van der Waals surface area contributed by atoms with Crippen LogP contribution in [0.4, 0.5) is 5.13 Å². The summed E-state index contributed by atoms with van der Waals surface area (Å²) in [5.74, 6) is -0.435. The van der Waals surface area contributed by atoms with Gasteiger partial charge in [0.05, 0.1) is 16.8 Å². The van der Waals surface area contributed by atoms with Crippen LogP contribution in [0.2, 0.25) is 0 Å². The third-order valence-electron chi connectivity index (χ3n) is 6.14. The smallest absolute Gasteiger partial charge is 0.339 e. The summed E-state index contributed by atoms with van der Waals surface area (Å²) in [4.78, 5) is 34.9. The van der Waals surface area contributed by atoms with Crippen LogP contribution in [-0.4, -0.2) is 28.5 Å². The third kappa shape index (κ3) is 4.56. The topological polar surface area (TPSA) is 81.2 Å². The SMILES string of the molecule is Cc1ccc(-c2csc(NC(=O)COC(=O)c3c4c(nc5ccccc35)CCC(C)C4)n2)cc1. The van der Waals surface area contributed by atoms with Crippen LogP contribution in [0.1, 0.15) is 40.5 Å². The number of aromatic nitrogens is 2. The molecule has 1 unspecified atom stereocenters. The number of esters is 1. The highest BCUT2D eigenvalue weighted by Crippen LogP contribution is 2.32. The number of para-hydroxylation sites is 1. The number of ether oxygens (including phenoxy) is 1. The number of aryl methyl sites for hydroxylation is 2. The molecule has 1 aliphatic rings. The van der Waals surface area contributed by atoms with Gasteiger partial charge in [-0.25, -0.2) is 9.78 Å². The van der Waals surface area contributed by atoms with Gasteiger partial charge in [-0.15, -0.1) is 11.3 Å². The number of carbonyl (C=O) groups is 2. The number of carbonyl (C=O) groups excluding carboxylic acids is 2. The van der Waals surface area contributed by atoms with Gasteiger partial charge in [0.15, 0.2) is 11.7 Å². The van der Waals surface area contributed by atoms with Crippen molar-refractivity contribution in [2.24, 2.45) is 5.92 Å². The molecule has 2 aromatic heterocycles. The van der Waals surface area contributed by atoms with E-state index in [1.54, 1.807) is 0 Å². The molecule has 34 heavy (non-hydrogen) atoms. The van der Waals surface area contributed by atoms with Gasteiger partial charge in [0, 0.05) is 22.0 Å². The van der Waals surface area contributed by atoms with E-state index in [9.17, 15) is 9.59 Å². The van der Waals surface area contributed by atoms with Gasteiger partial charge < -0.3 is 4.74 Å².